The molecule has 0 radical (unpaired) electrons. The number of nitrogens with zero attached hydrogens (tertiary/aromatic N) is 3. The lowest BCUT2D eigenvalue weighted by Crippen LogP contribution is -2.19. The van der Waals surface area contributed by atoms with Crippen LogP contribution in [0.4, 0.5) is 27.7 Å². The van der Waals surface area contributed by atoms with Crippen molar-refractivity contribution >= 4 is 50.5 Å². The highest BCUT2D eigenvalue weighted by Gasteiger charge is 2.15. The second kappa shape index (κ2) is 8.00. The van der Waals surface area contributed by atoms with Crippen LogP contribution in [0.3, 0.4) is 0 Å². The average molecular weight is 419 g/mol. The fourth-order valence-corrected chi connectivity index (χ4v) is 4.29. The molecule has 30 heavy (non-hydrogen) atoms. The van der Waals surface area contributed by atoms with Gasteiger partial charge in [0.2, 0.25) is 0 Å². The number of fused-ring (bicyclic) bond motifs is 1. The standard InChI is InChI=1S/C22H22N6OS/c1-13-18(19-20(23)24-12-25-21(19)30-13)14-4-6-15(7-5-14)26-22(29)27-16-8-10-17(11-9-16)28(2)3/h4-12H,1-3H3,(H2,23,24,25)(H2,26,27,29). The zero-order valence-corrected chi connectivity index (χ0v) is 17.7. The highest BCUT2D eigenvalue weighted by Crippen LogP contribution is 2.39. The van der Waals surface area contributed by atoms with E-state index in [9.17, 15) is 4.79 Å². The van der Waals surface area contributed by atoms with Crippen LogP contribution in [0.1, 0.15) is 4.88 Å². The molecule has 0 saturated heterocycles. The topological polar surface area (TPSA) is 96.2 Å². The zero-order chi connectivity index (χ0) is 21.3. The lowest BCUT2D eigenvalue weighted by Gasteiger charge is -2.13. The number of hydrogen-bond acceptors (Lipinski definition) is 6. The van der Waals surface area contributed by atoms with Gasteiger partial charge in [-0.15, -0.1) is 11.3 Å². The number of aromatic nitrogens is 2. The van der Waals surface area contributed by atoms with E-state index in [1.807, 2.05) is 74.4 Å². The van der Waals surface area contributed by atoms with Crippen LogP contribution in [0, 0.1) is 6.92 Å². The Hall–Kier alpha value is -3.65. The lowest BCUT2D eigenvalue weighted by atomic mass is 10.0. The number of urea groups is 1. The molecule has 8 heteroatoms. The van der Waals surface area contributed by atoms with Crippen molar-refractivity contribution < 1.29 is 4.79 Å². The van der Waals surface area contributed by atoms with E-state index in [0.717, 1.165) is 37.6 Å². The Morgan fingerprint density at radius 2 is 1.57 bits per heavy atom. The first-order valence-corrected chi connectivity index (χ1v) is 10.2. The Labute approximate surface area is 178 Å². The largest absolute Gasteiger partial charge is 0.383 e. The van der Waals surface area contributed by atoms with Crippen molar-refractivity contribution in [2.75, 3.05) is 35.4 Å². The Bertz CT molecular complexity index is 1200. The molecule has 0 fully saturated rings. The highest BCUT2D eigenvalue weighted by atomic mass is 32.1. The molecule has 2 amide bonds. The molecule has 2 heterocycles. The minimum absolute atomic E-state index is 0.296. The van der Waals surface area contributed by atoms with Gasteiger partial charge in [-0.2, -0.15) is 0 Å². The predicted molar refractivity (Wildman–Crippen MR) is 125 cm³/mol. The molecule has 0 aliphatic heterocycles. The van der Waals surface area contributed by atoms with Crippen molar-refractivity contribution in [3.63, 3.8) is 0 Å². The summed E-state index contributed by atoms with van der Waals surface area (Å²) in [5.74, 6) is 0.473. The third-order valence-corrected chi connectivity index (χ3v) is 5.78. The van der Waals surface area contributed by atoms with Crippen molar-refractivity contribution in [2.24, 2.45) is 0 Å². The lowest BCUT2D eigenvalue weighted by molar-refractivity contribution is 0.262. The molecule has 0 aliphatic rings. The van der Waals surface area contributed by atoms with Crippen LogP contribution in [0.2, 0.25) is 0 Å². The number of nitrogens with one attached hydrogen (secondary N) is 2. The summed E-state index contributed by atoms with van der Waals surface area (Å²) in [5, 5.41) is 6.57. The summed E-state index contributed by atoms with van der Waals surface area (Å²) in [6, 6.07) is 15.0. The number of rotatable bonds is 4. The molecule has 4 rings (SSSR count). The number of carbonyl (C=O) groups excluding carboxylic acids is 1. The summed E-state index contributed by atoms with van der Waals surface area (Å²) in [7, 11) is 3.95. The zero-order valence-electron chi connectivity index (χ0n) is 16.9. The molecular formula is C22H22N6OS. The average Bonchev–Trinajstić information content (AvgIpc) is 3.06. The van der Waals surface area contributed by atoms with Gasteiger partial charge in [-0.25, -0.2) is 14.8 Å². The number of benzene rings is 2. The van der Waals surface area contributed by atoms with E-state index in [-0.39, 0.29) is 6.03 Å². The van der Waals surface area contributed by atoms with Gasteiger partial charge in [-0.05, 0) is 48.9 Å². The van der Waals surface area contributed by atoms with Crippen LogP contribution >= 0.6 is 11.3 Å². The van der Waals surface area contributed by atoms with Crippen LogP contribution < -0.4 is 21.3 Å². The molecule has 2 aromatic heterocycles. The molecule has 152 valence electrons. The number of anilines is 4. The van der Waals surface area contributed by atoms with Gasteiger partial charge in [0.15, 0.2) is 0 Å². The minimum atomic E-state index is -0.296. The number of hydrogen-bond donors (Lipinski definition) is 3. The van der Waals surface area contributed by atoms with Gasteiger partial charge in [0, 0.05) is 41.6 Å². The third-order valence-electron chi connectivity index (χ3n) is 4.77. The van der Waals surface area contributed by atoms with Crippen LogP contribution in [0.25, 0.3) is 21.3 Å². The molecular weight excluding hydrogens is 396 g/mol. The van der Waals surface area contributed by atoms with E-state index in [1.165, 1.54) is 6.33 Å². The van der Waals surface area contributed by atoms with Crippen LogP contribution in [-0.4, -0.2) is 30.1 Å². The summed E-state index contributed by atoms with van der Waals surface area (Å²) < 4.78 is 0. The smallest absolute Gasteiger partial charge is 0.323 e. The van der Waals surface area contributed by atoms with E-state index >= 15 is 0 Å². The fraction of sp³-hybridized carbons (Fsp3) is 0.136. The second-order valence-electron chi connectivity index (χ2n) is 7.07. The van der Waals surface area contributed by atoms with Crippen molar-refractivity contribution in [1.29, 1.82) is 0 Å². The third kappa shape index (κ3) is 3.90. The summed E-state index contributed by atoms with van der Waals surface area (Å²) in [4.78, 5) is 24.8. The molecule has 4 aromatic rings. The van der Waals surface area contributed by atoms with Crippen molar-refractivity contribution in [2.45, 2.75) is 6.92 Å². The van der Waals surface area contributed by atoms with Crippen molar-refractivity contribution in [1.82, 2.24) is 9.97 Å². The number of amides is 2. The van der Waals surface area contributed by atoms with Crippen LogP contribution in [-0.2, 0) is 0 Å². The Morgan fingerprint density at radius 1 is 0.967 bits per heavy atom. The first-order chi connectivity index (χ1) is 14.4. The van der Waals surface area contributed by atoms with E-state index in [0.29, 0.717) is 11.5 Å². The van der Waals surface area contributed by atoms with Gasteiger partial charge < -0.3 is 21.3 Å². The summed E-state index contributed by atoms with van der Waals surface area (Å²) >= 11 is 1.59. The summed E-state index contributed by atoms with van der Waals surface area (Å²) in [5.41, 5.74) is 10.6. The van der Waals surface area contributed by atoms with E-state index in [4.69, 9.17) is 5.73 Å². The van der Waals surface area contributed by atoms with Gasteiger partial charge >= 0.3 is 6.03 Å². The molecule has 7 nitrogen and oxygen atoms in total. The van der Waals surface area contributed by atoms with Crippen LogP contribution in [0.5, 0.6) is 0 Å². The van der Waals surface area contributed by atoms with Gasteiger partial charge in [0.25, 0.3) is 0 Å². The monoisotopic (exact) mass is 418 g/mol. The Balaban J connectivity index is 1.49. The van der Waals surface area contributed by atoms with Crippen molar-refractivity contribution in [3.8, 4) is 11.1 Å². The van der Waals surface area contributed by atoms with Gasteiger partial charge in [0.1, 0.15) is 17.0 Å². The maximum absolute atomic E-state index is 12.3. The predicted octanol–water partition coefficient (Wildman–Crippen LogP) is 4.96. The Morgan fingerprint density at radius 3 is 2.17 bits per heavy atom. The molecule has 0 atom stereocenters. The first-order valence-electron chi connectivity index (χ1n) is 9.38. The summed E-state index contributed by atoms with van der Waals surface area (Å²) in [6.07, 6.45) is 1.48. The minimum Gasteiger partial charge on any atom is -0.383 e. The van der Waals surface area contributed by atoms with Gasteiger partial charge in [-0.1, -0.05) is 12.1 Å². The molecule has 0 bridgehead atoms. The van der Waals surface area contributed by atoms with Gasteiger partial charge in [0.05, 0.1) is 5.39 Å². The number of thiophene rings is 1. The molecule has 2 aromatic carbocycles. The SMILES string of the molecule is Cc1sc2ncnc(N)c2c1-c1ccc(NC(=O)Nc2ccc(N(C)C)cc2)cc1. The van der Waals surface area contributed by atoms with Gasteiger partial charge in [-0.3, -0.25) is 0 Å². The Kier molecular flexibility index (Phi) is 5.24. The molecule has 0 unspecified atom stereocenters. The maximum Gasteiger partial charge on any atom is 0.323 e. The normalized spacial score (nSPS) is 10.8. The van der Waals surface area contributed by atoms with Crippen LogP contribution in [0.15, 0.2) is 54.9 Å². The molecule has 0 aliphatic carbocycles. The molecule has 0 saturated carbocycles. The van der Waals surface area contributed by atoms with E-state index in [2.05, 4.69) is 20.6 Å². The fourth-order valence-electron chi connectivity index (χ4n) is 3.27. The number of aryl methyl sites for hydroxylation is 1. The summed E-state index contributed by atoms with van der Waals surface area (Å²) in [6.45, 7) is 2.04. The first kappa shape index (κ1) is 19.7. The number of carbonyl (C=O) groups is 1. The van der Waals surface area contributed by atoms with Crippen molar-refractivity contribution in [3.05, 3.63) is 59.7 Å². The van der Waals surface area contributed by atoms with E-state index < -0.39 is 0 Å². The molecule has 0 spiro atoms. The molecule has 4 N–H and O–H groups in total. The highest BCUT2D eigenvalue weighted by molar-refractivity contribution is 7.19. The number of nitrogen functional groups attached to an aromatic ring is 1. The quantitative estimate of drug-likeness (QED) is 0.435. The maximum atomic E-state index is 12.3. The second-order valence-corrected chi connectivity index (χ2v) is 8.27. The number of nitrogens with two attached hydrogens (primary N) is 1. The van der Waals surface area contributed by atoms with E-state index in [1.54, 1.807) is 11.3 Å².